The van der Waals surface area contributed by atoms with Crippen molar-refractivity contribution in [2.75, 3.05) is 17.2 Å². The van der Waals surface area contributed by atoms with E-state index in [-0.39, 0.29) is 10.9 Å². The van der Waals surface area contributed by atoms with E-state index in [2.05, 4.69) is 20.8 Å². The number of nitriles is 1. The first-order valence-corrected chi connectivity index (χ1v) is 6.43. The molecule has 0 aliphatic heterocycles. The summed E-state index contributed by atoms with van der Waals surface area (Å²) in [5.74, 6) is -0.336. The van der Waals surface area contributed by atoms with Gasteiger partial charge < -0.3 is 10.6 Å². The SMILES string of the molecule is CCNc1nnc(C(=O)Nc2cccc(C#N)c2)s1. The predicted octanol–water partition coefficient (Wildman–Crippen LogP) is 2.09. The summed E-state index contributed by atoms with van der Waals surface area (Å²) in [5, 5.41) is 23.0. The lowest BCUT2D eigenvalue weighted by Gasteiger charge is -2.02. The summed E-state index contributed by atoms with van der Waals surface area (Å²) < 4.78 is 0. The number of aromatic nitrogens is 2. The van der Waals surface area contributed by atoms with Crippen LogP contribution in [0.2, 0.25) is 0 Å². The van der Waals surface area contributed by atoms with Crippen molar-refractivity contribution in [2.24, 2.45) is 0 Å². The minimum Gasteiger partial charge on any atom is -0.360 e. The van der Waals surface area contributed by atoms with E-state index in [1.807, 2.05) is 13.0 Å². The van der Waals surface area contributed by atoms with Gasteiger partial charge in [-0.2, -0.15) is 5.26 Å². The van der Waals surface area contributed by atoms with E-state index in [0.29, 0.717) is 16.4 Å². The average Bonchev–Trinajstić information content (AvgIpc) is 2.88. The highest BCUT2D eigenvalue weighted by atomic mass is 32.1. The minimum absolute atomic E-state index is 0.276. The zero-order valence-electron chi connectivity index (χ0n) is 10.2. The lowest BCUT2D eigenvalue weighted by Crippen LogP contribution is -2.11. The Morgan fingerprint density at radius 3 is 3.05 bits per heavy atom. The molecule has 2 aromatic rings. The third-order valence-corrected chi connectivity index (χ3v) is 3.08. The second kappa shape index (κ2) is 5.93. The van der Waals surface area contributed by atoms with Crippen LogP contribution < -0.4 is 10.6 Å². The van der Waals surface area contributed by atoms with Crippen molar-refractivity contribution in [1.29, 1.82) is 5.26 Å². The number of benzene rings is 1. The number of amides is 1. The lowest BCUT2D eigenvalue weighted by atomic mass is 10.2. The van der Waals surface area contributed by atoms with Gasteiger partial charge in [0.05, 0.1) is 11.6 Å². The van der Waals surface area contributed by atoms with E-state index in [1.54, 1.807) is 24.3 Å². The summed E-state index contributed by atoms with van der Waals surface area (Å²) in [7, 11) is 0. The van der Waals surface area contributed by atoms with E-state index < -0.39 is 0 Å². The Bertz CT molecular complexity index is 631. The largest absolute Gasteiger partial charge is 0.360 e. The molecule has 0 bridgehead atoms. The number of carbonyl (C=O) groups excluding carboxylic acids is 1. The van der Waals surface area contributed by atoms with Gasteiger partial charge in [-0.25, -0.2) is 0 Å². The Morgan fingerprint density at radius 1 is 1.47 bits per heavy atom. The lowest BCUT2D eigenvalue weighted by molar-refractivity contribution is 0.102. The van der Waals surface area contributed by atoms with Crippen LogP contribution in [0.4, 0.5) is 10.8 Å². The fourth-order valence-corrected chi connectivity index (χ4v) is 2.10. The molecule has 0 saturated heterocycles. The van der Waals surface area contributed by atoms with E-state index in [4.69, 9.17) is 5.26 Å². The molecule has 1 aromatic heterocycles. The number of nitrogens with one attached hydrogen (secondary N) is 2. The first-order chi connectivity index (χ1) is 9.22. The molecule has 6 nitrogen and oxygen atoms in total. The van der Waals surface area contributed by atoms with Crippen molar-refractivity contribution in [3.8, 4) is 6.07 Å². The van der Waals surface area contributed by atoms with Crippen LogP contribution >= 0.6 is 11.3 Å². The Hall–Kier alpha value is -2.46. The standard InChI is InChI=1S/C12H11N5OS/c1-2-14-12-17-16-11(19-12)10(18)15-9-5-3-4-8(6-9)7-13/h3-6H,2H2,1H3,(H,14,17)(H,15,18). The zero-order chi connectivity index (χ0) is 13.7. The van der Waals surface area contributed by atoms with E-state index in [9.17, 15) is 4.79 Å². The van der Waals surface area contributed by atoms with Gasteiger partial charge in [0.1, 0.15) is 0 Å². The number of anilines is 2. The predicted molar refractivity (Wildman–Crippen MR) is 73.2 cm³/mol. The highest BCUT2D eigenvalue weighted by molar-refractivity contribution is 7.17. The maximum Gasteiger partial charge on any atom is 0.286 e. The molecule has 1 amide bonds. The number of hydrogen-bond acceptors (Lipinski definition) is 6. The van der Waals surface area contributed by atoms with Gasteiger partial charge in [0.2, 0.25) is 10.1 Å². The van der Waals surface area contributed by atoms with Crippen LogP contribution in [0.1, 0.15) is 22.3 Å². The fourth-order valence-electron chi connectivity index (χ4n) is 1.39. The van der Waals surface area contributed by atoms with Gasteiger partial charge in [-0.05, 0) is 25.1 Å². The fraction of sp³-hybridized carbons (Fsp3) is 0.167. The van der Waals surface area contributed by atoms with Gasteiger partial charge in [-0.15, -0.1) is 10.2 Å². The van der Waals surface area contributed by atoms with Crippen LogP contribution in [-0.4, -0.2) is 22.6 Å². The molecule has 0 spiro atoms. The number of hydrogen-bond donors (Lipinski definition) is 2. The van der Waals surface area contributed by atoms with Crippen LogP contribution in [0.15, 0.2) is 24.3 Å². The molecule has 2 rings (SSSR count). The summed E-state index contributed by atoms with van der Waals surface area (Å²) in [4.78, 5) is 11.9. The zero-order valence-corrected chi connectivity index (χ0v) is 11.0. The molecule has 0 saturated carbocycles. The second-order valence-electron chi connectivity index (χ2n) is 3.59. The quantitative estimate of drug-likeness (QED) is 0.890. The van der Waals surface area contributed by atoms with Crippen molar-refractivity contribution >= 4 is 28.1 Å². The van der Waals surface area contributed by atoms with Crippen LogP contribution in [0.3, 0.4) is 0 Å². The normalized spacial score (nSPS) is 9.68. The van der Waals surface area contributed by atoms with Crippen LogP contribution in [0, 0.1) is 11.3 Å². The van der Waals surface area contributed by atoms with Gasteiger partial charge in [-0.3, -0.25) is 4.79 Å². The molecule has 0 radical (unpaired) electrons. The highest BCUT2D eigenvalue weighted by Gasteiger charge is 2.12. The van der Waals surface area contributed by atoms with E-state index >= 15 is 0 Å². The third-order valence-electron chi connectivity index (χ3n) is 2.20. The van der Waals surface area contributed by atoms with Crippen molar-refractivity contribution in [3.05, 3.63) is 34.8 Å². The van der Waals surface area contributed by atoms with Crippen LogP contribution in [0.25, 0.3) is 0 Å². The summed E-state index contributed by atoms with van der Waals surface area (Å²) >= 11 is 1.18. The minimum atomic E-state index is -0.336. The topological polar surface area (TPSA) is 90.7 Å². The molecule has 0 aliphatic rings. The van der Waals surface area contributed by atoms with Gasteiger partial charge in [0.25, 0.3) is 5.91 Å². The second-order valence-corrected chi connectivity index (χ2v) is 4.57. The highest BCUT2D eigenvalue weighted by Crippen LogP contribution is 2.17. The van der Waals surface area contributed by atoms with Gasteiger partial charge >= 0.3 is 0 Å². The molecule has 96 valence electrons. The van der Waals surface area contributed by atoms with Crippen molar-refractivity contribution < 1.29 is 4.79 Å². The summed E-state index contributed by atoms with van der Waals surface area (Å²) in [6, 6.07) is 8.71. The van der Waals surface area contributed by atoms with Crippen LogP contribution in [0.5, 0.6) is 0 Å². The average molecular weight is 273 g/mol. The van der Waals surface area contributed by atoms with Crippen LogP contribution in [-0.2, 0) is 0 Å². The Labute approximate surface area is 114 Å². The Kier molecular flexibility index (Phi) is 4.05. The first kappa shape index (κ1) is 13.0. The molecule has 0 unspecified atom stereocenters. The van der Waals surface area contributed by atoms with Gasteiger partial charge in [-0.1, -0.05) is 17.4 Å². The van der Waals surface area contributed by atoms with Crippen molar-refractivity contribution in [3.63, 3.8) is 0 Å². The van der Waals surface area contributed by atoms with Crippen molar-refractivity contribution in [1.82, 2.24) is 10.2 Å². The smallest absolute Gasteiger partial charge is 0.286 e. The molecular weight excluding hydrogens is 262 g/mol. The maximum absolute atomic E-state index is 11.9. The van der Waals surface area contributed by atoms with Crippen molar-refractivity contribution in [2.45, 2.75) is 6.92 Å². The third kappa shape index (κ3) is 3.26. The summed E-state index contributed by atoms with van der Waals surface area (Å²) in [6.07, 6.45) is 0. The molecule has 7 heteroatoms. The molecule has 1 heterocycles. The molecule has 19 heavy (non-hydrogen) atoms. The molecular formula is C12H11N5OS. The van der Waals surface area contributed by atoms with Gasteiger partial charge in [0, 0.05) is 12.2 Å². The molecule has 1 aromatic carbocycles. The molecule has 0 fully saturated rings. The first-order valence-electron chi connectivity index (χ1n) is 5.62. The number of carbonyl (C=O) groups is 1. The monoisotopic (exact) mass is 273 g/mol. The number of nitrogens with zero attached hydrogens (tertiary/aromatic N) is 3. The molecule has 2 N–H and O–H groups in total. The molecule has 0 atom stereocenters. The number of rotatable bonds is 4. The van der Waals surface area contributed by atoms with E-state index in [1.165, 1.54) is 11.3 Å². The summed E-state index contributed by atoms with van der Waals surface area (Å²) in [5.41, 5.74) is 1.05. The maximum atomic E-state index is 11.9. The summed E-state index contributed by atoms with van der Waals surface area (Å²) in [6.45, 7) is 2.66. The Balaban J connectivity index is 2.09. The Morgan fingerprint density at radius 2 is 2.32 bits per heavy atom. The van der Waals surface area contributed by atoms with E-state index in [0.717, 1.165) is 6.54 Å². The van der Waals surface area contributed by atoms with Gasteiger partial charge in [0.15, 0.2) is 0 Å². The molecule has 0 aliphatic carbocycles.